The largest absolute Gasteiger partial charge is 0.497 e. The number of nitrogens with zero attached hydrogens (tertiary/aromatic N) is 1. The average Bonchev–Trinajstić information content (AvgIpc) is 3.42. The van der Waals surface area contributed by atoms with Crippen LogP contribution in [0.5, 0.6) is 5.75 Å². The third-order valence-electron chi connectivity index (χ3n) is 6.46. The maximum absolute atomic E-state index is 13.4. The van der Waals surface area contributed by atoms with E-state index < -0.39 is 15.9 Å². The molecular weight excluding hydrogens is 580 g/mol. The van der Waals surface area contributed by atoms with E-state index >= 15 is 0 Å². The van der Waals surface area contributed by atoms with E-state index in [4.69, 9.17) is 16.3 Å². The number of methoxy groups -OCH3 is 1. The maximum Gasteiger partial charge on any atom is 0.265 e. The summed E-state index contributed by atoms with van der Waals surface area (Å²) < 4.78 is 34.1. The molecule has 208 valence electrons. The van der Waals surface area contributed by atoms with Crippen molar-refractivity contribution in [3.8, 4) is 5.75 Å². The number of halogens is 1. The van der Waals surface area contributed by atoms with Crippen molar-refractivity contribution in [1.29, 1.82) is 0 Å². The minimum atomic E-state index is -3.83. The van der Waals surface area contributed by atoms with Crippen LogP contribution in [-0.2, 0) is 10.0 Å². The van der Waals surface area contributed by atoms with Gasteiger partial charge in [0, 0.05) is 27.4 Å². The average molecular weight is 605 g/mol. The van der Waals surface area contributed by atoms with Gasteiger partial charge in [0.05, 0.1) is 28.3 Å². The Balaban J connectivity index is 1.42. The van der Waals surface area contributed by atoms with Gasteiger partial charge in [-0.3, -0.25) is 13.9 Å². The van der Waals surface area contributed by atoms with Crippen LogP contribution in [-0.4, -0.2) is 33.8 Å². The van der Waals surface area contributed by atoms with Gasteiger partial charge >= 0.3 is 0 Å². The van der Waals surface area contributed by atoms with Crippen LogP contribution in [0.2, 0.25) is 5.02 Å². The van der Waals surface area contributed by atoms with Gasteiger partial charge in [-0.25, -0.2) is 8.42 Å². The number of carbonyl (C=O) groups excluding carboxylic acids is 2. The van der Waals surface area contributed by atoms with Gasteiger partial charge in [-0.1, -0.05) is 41.9 Å². The Morgan fingerprint density at radius 3 is 2.34 bits per heavy atom. The Morgan fingerprint density at radius 2 is 1.66 bits per heavy atom. The lowest BCUT2D eigenvalue weighted by Gasteiger charge is -2.23. The van der Waals surface area contributed by atoms with E-state index in [0.29, 0.717) is 32.6 Å². The highest BCUT2D eigenvalue weighted by atomic mass is 35.5. The van der Waals surface area contributed by atoms with Crippen molar-refractivity contribution >= 4 is 66.1 Å². The Bertz CT molecular complexity index is 1850. The van der Waals surface area contributed by atoms with Crippen molar-refractivity contribution in [2.45, 2.75) is 11.8 Å². The van der Waals surface area contributed by atoms with Crippen LogP contribution in [0, 0.1) is 0 Å². The summed E-state index contributed by atoms with van der Waals surface area (Å²) in [6.07, 6.45) is 0. The molecule has 1 amide bonds. The topological polar surface area (TPSA) is 92.8 Å². The third-order valence-corrected chi connectivity index (χ3v) is 9.72. The molecule has 0 aliphatic heterocycles. The van der Waals surface area contributed by atoms with Crippen LogP contribution in [0.15, 0.2) is 102 Å². The molecule has 0 unspecified atom stereocenters. The van der Waals surface area contributed by atoms with Gasteiger partial charge in [0.25, 0.3) is 15.9 Å². The van der Waals surface area contributed by atoms with E-state index in [2.05, 4.69) is 5.32 Å². The fourth-order valence-corrected chi connectivity index (χ4v) is 6.98. The van der Waals surface area contributed by atoms with Gasteiger partial charge in [-0.05, 0) is 79.0 Å². The summed E-state index contributed by atoms with van der Waals surface area (Å²) in [6, 6.07) is 26.7. The molecule has 41 heavy (non-hydrogen) atoms. The molecule has 5 aromatic rings. The summed E-state index contributed by atoms with van der Waals surface area (Å²) in [7, 11) is -2.31. The maximum atomic E-state index is 13.4. The number of thiophene rings is 1. The summed E-state index contributed by atoms with van der Waals surface area (Å²) in [6.45, 7) is 1.98. The highest BCUT2D eigenvalue weighted by Gasteiger charge is 2.24. The number of nitrogens with one attached hydrogen (secondary N) is 1. The first-order chi connectivity index (χ1) is 19.7. The van der Waals surface area contributed by atoms with Gasteiger partial charge < -0.3 is 10.1 Å². The van der Waals surface area contributed by atoms with Crippen LogP contribution < -0.4 is 14.4 Å². The molecule has 10 heteroatoms. The first kappa shape index (κ1) is 28.4. The number of carbonyl (C=O) groups is 2. The van der Waals surface area contributed by atoms with E-state index in [-0.39, 0.29) is 22.8 Å². The molecule has 0 aliphatic carbocycles. The molecule has 0 atom stereocenters. The number of hydrogen-bond acceptors (Lipinski definition) is 6. The van der Waals surface area contributed by atoms with Crippen LogP contribution >= 0.6 is 22.9 Å². The van der Waals surface area contributed by atoms with Gasteiger partial charge in [0.1, 0.15) is 5.75 Å². The molecule has 0 saturated heterocycles. The van der Waals surface area contributed by atoms with Crippen molar-refractivity contribution in [2.75, 3.05) is 23.3 Å². The molecule has 1 heterocycles. The highest BCUT2D eigenvalue weighted by molar-refractivity contribution is 7.92. The molecule has 4 aromatic carbocycles. The minimum Gasteiger partial charge on any atom is -0.497 e. The first-order valence-electron chi connectivity index (χ1n) is 12.6. The number of benzene rings is 4. The van der Waals surface area contributed by atoms with E-state index in [1.54, 1.807) is 79.7 Å². The quantitative estimate of drug-likeness (QED) is 0.179. The SMILES string of the molecule is CCN(c1ccc2sc(C(=O)Nc3ccc(Cl)cc3C(=O)c3ccccc3)cc2c1)S(=O)(=O)c1ccc(OC)cc1. The Labute approximate surface area is 247 Å². The van der Waals surface area contributed by atoms with Gasteiger partial charge in [-0.15, -0.1) is 11.3 Å². The number of amides is 1. The molecule has 1 N–H and O–H groups in total. The molecule has 0 fully saturated rings. The first-order valence-corrected chi connectivity index (χ1v) is 15.3. The lowest BCUT2D eigenvalue weighted by atomic mass is 10.0. The van der Waals surface area contributed by atoms with Crippen LogP contribution in [0.1, 0.15) is 32.5 Å². The number of ketones is 1. The zero-order valence-electron chi connectivity index (χ0n) is 22.1. The number of fused-ring (bicyclic) bond motifs is 1. The second-order valence-electron chi connectivity index (χ2n) is 9.02. The Hall–Kier alpha value is -4.18. The van der Waals surface area contributed by atoms with Gasteiger partial charge in [0.2, 0.25) is 0 Å². The van der Waals surface area contributed by atoms with E-state index in [9.17, 15) is 18.0 Å². The second kappa shape index (κ2) is 11.7. The summed E-state index contributed by atoms with van der Waals surface area (Å²) in [4.78, 5) is 27.0. The molecule has 0 spiro atoms. The lowest BCUT2D eigenvalue weighted by molar-refractivity contribution is 0.103. The summed E-state index contributed by atoms with van der Waals surface area (Å²) >= 11 is 7.45. The molecule has 0 radical (unpaired) electrons. The Kier molecular flexibility index (Phi) is 8.12. The number of rotatable bonds is 9. The minimum absolute atomic E-state index is 0.148. The summed E-state index contributed by atoms with van der Waals surface area (Å²) in [5.41, 5.74) is 1.58. The zero-order chi connectivity index (χ0) is 29.1. The molecule has 0 saturated carbocycles. The fourth-order valence-electron chi connectivity index (χ4n) is 4.41. The normalized spacial score (nSPS) is 11.3. The predicted octanol–water partition coefficient (Wildman–Crippen LogP) is 7.26. The molecular formula is C31H25ClN2O5S2. The summed E-state index contributed by atoms with van der Waals surface area (Å²) in [5, 5.41) is 3.94. The van der Waals surface area contributed by atoms with Crippen LogP contribution in [0.3, 0.4) is 0 Å². The monoisotopic (exact) mass is 604 g/mol. The summed E-state index contributed by atoms with van der Waals surface area (Å²) in [5.74, 6) is -0.0925. The standard InChI is InChI=1S/C31H25ClN2O5S2/c1-3-34(41(37,38)25-13-11-24(39-2)12-14-25)23-10-16-28-21(17-23)18-29(40-28)31(36)33-27-15-9-22(32)19-26(27)30(35)20-7-5-4-6-8-20/h4-19H,3H2,1-2H3,(H,33,36). The van der Waals surface area contributed by atoms with Crippen LogP contribution in [0.25, 0.3) is 10.1 Å². The van der Waals surface area contributed by atoms with Crippen molar-refractivity contribution < 1.29 is 22.7 Å². The zero-order valence-corrected chi connectivity index (χ0v) is 24.5. The fraction of sp³-hybridized carbons (Fsp3) is 0.0968. The molecule has 7 nitrogen and oxygen atoms in total. The number of anilines is 2. The molecule has 5 rings (SSSR count). The number of sulfonamides is 1. The molecule has 0 aliphatic rings. The van der Waals surface area contributed by atoms with Crippen molar-refractivity contribution in [3.05, 3.63) is 118 Å². The Morgan fingerprint density at radius 1 is 0.927 bits per heavy atom. The van der Waals surface area contributed by atoms with Crippen LogP contribution in [0.4, 0.5) is 11.4 Å². The second-order valence-corrected chi connectivity index (χ2v) is 12.4. The van der Waals surface area contributed by atoms with E-state index in [1.165, 1.54) is 41.0 Å². The molecule has 0 bridgehead atoms. The van der Waals surface area contributed by atoms with E-state index in [1.807, 2.05) is 6.07 Å². The smallest absolute Gasteiger partial charge is 0.265 e. The number of ether oxygens (including phenoxy) is 1. The van der Waals surface area contributed by atoms with Gasteiger partial charge in [0.15, 0.2) is 5.78 Å². The van der Waals surface area contributed by atoms with E-state index in [0.717, 1.165) is 10.1 Å². The predicted molar refractivity (Wildman–Crippen MR) is 164 cm³/mol. The highest BCUT2D eigenvalue weighted by Crippen LogP contribution is 2.33. The van der Waals surface area contributed by atoms with Gasteiger partial charge in [-0.2, -0.15) is 0 Å². The van der Waals surface area contributed by atoms with Crippen molar-refractivity contribution in [3.63, 3.8) is 0 Å². The number of hydrogen-bond donors (Lipinski definition) is 1. The molecule has 1 aromatic heterocycles. The van der Waals surface area contributed by atoms with Crippen molar-refractivity contribution in [1.82, 2.24) is 0 Å². The van der Waals surface area contributed by atoms with Crippen molar-refractivity contribution in [2.24, 2.45) is 0 Å². The third kappa shape index (κ3) is 5.83. The lowest BCUT2D eigenvalue weighted by Crippen LogP contribution is -2.30.